The normalized spacial score (nSPS) is 11.3. The van der Waals surface area contributed by atoms with E-state index in [0.717, 1.165) is 17.9 Å². The molecule has 0 bridgehead atoms. The molecule has 1 heterocycles. The van der Waals surface area contributed by atoms with Gasteiger partial charge in [0.15, 0.2) is 0 Å². The van der Waals surface area contributed by atoms with Crippen LogP contribution in [0.25, 0.3) is 6.08 Å². The van der Waals surface area contributed by atoms with Gasteiger partial charge in [0, 0.05) is 13.1 Å². The Bertz CT molecular complexity index is 667. The van der Waals surface area contributed by atoms with E-state index in [1.807, 2.05) is 54.3 Å². The van der Waals surface area contributed by atoms with E-state index in [1.54, 1.807) is 0 Å². The van der Waals surface area contributed by atoms with Crippen LogP contribution >= 0.6 is 11.8 Å². The lowest BCUT2D eigenvalue weighted by atomic mass is 10.2. The molecule has 0 atom stereocenters. The topological polar surface area (TPSA) is 61.9 Å². The van der Waals surface area contributed by atoms with Gasteiger partial charge in [-0.2, -0.15) is 0 Å². The van der Waals surface area contributed by atoms with Gasteiger partial charge in [-0.25, -0.2) is 4.98 Å². The van der Waals surface area contributed by atoms with Crippen molar-refractivity contribution in [1.82, 2.24) is 20.1 Å². The molecule has 1 aromatic carbocycles. The largest absolute Gasteiger partial charge is 0.338 e. The average molecular weight is 344 g/mol. The first-order valence-electron chi connectivity index (χ1n) is 8.05. The summed E-state index contributed by atoms with van der Waals surface area (Å²) in [5, 5.41) is 7.46. The molecule has 2 rings (SSSR count). The molecule has 0 radical (unpaired) electrons. The van der Waals surface area contributed by atoms with Crippen molar-refractivity contribution in [2.75, 3.05) is 18.8 Å². The van der Waals surface area contributed by atoms with Crippen LogP contribution in [-0.4, -0.2) is 44.8 Å². The van der Waals surface area contributed by atoms with Gasteiger partial charge in [-0.05, 0) is 18.4 Å². The Kier molecular flexibility index (Phi) is 7.06. The maximum atomic E-state index is 12.5. The van der Waals surface area contributed by atoms with Gasteiger partial charge < -0.3 is 4.90 Å². The van der Waals surface area contributed by atoms with Gasteiger partial charge >= 0.3 is 0 Å². The quantitative estimate of drug-likeness (QED) is 0.746. The maximum Gasteiger partial charge on any atom is 0.233 e. The fraction of sp³-hybridized carbons (Fsp3) is 0.389. The molecule has 0 saturated heterocycles. The molecule has 0 unspecified atom stereocenters. The van der Waals surface area contributed by atoms with Gasteiger partial charge in [-0.1, -0.05) is 68.1 Å². The number of hydrogen-bond acceptors (Lipinski definition) is 4. The first kappa shape index (κ1) is 18.3. The van der Waals surface area contributed by atoms with E-state index in [2.05, 4.69) is 29.0 Å². The second-order valence-corrected chi connectivity index (χ2v) is 6.94. The summed E-state index contributed by atoms with van der Waals surface area (Å²) < 4.78 is 0. The lowest BCUT2D eigenvalue weighted by molar-refractivity contribution is -0.128. The summed E-state index contributed by atoms with van der Waals surface area (Å²) in [6.45, 7) is 7.43. The molecule has 128 valence electrons. The number of aryl methyl sites for hydroxylation is 1. The second kappa shape index (κ2) is 9.27. The van der Waals surface area contributed by atoms with E-state index >= 15 is 0 Å². The predicted octanol–water partition coefficient (Wildman–Crippen LogP) is 3.40. The van der Waals surface area contributed by atoms with Crippen LogP contribution in [0.3, 0.4) is 0 Å². The molecule has 1 aromatic heterocycles. The summed E-state index contributed by atoms with van der Waals surface area (Å²) in [7, 11) is 0. The highest BCUT2D eigenvalue weighted by Crippen LogP contribution is 2.14. The van der Waals surface area contributed by atoms with Crippen LogP contribution in [0, 0.1) is 12.8 Å². The van der Waals surface area contributed by atoms with E-state index in [0.29, 0.717) is 23.4 Å². The van der Waals surface area contributed by atoms with E-state index in [9.17, 15) is 4.79 Å². The summed E-state index contributed by atoms with van der Waals surface area (Å²) in [4.78, 5) is 18.6. The van der Waals surface area contributed by atoms with Crippen molar-refractivity contribution >= 4 is 23.7 Å². The summed E-state index contributed by atoms with van der Waals surface area (Å²) >= 11 is 1.37. The highest BCUT2D eigenvalue weighted by molar-refractivity contribution is 7.99. The van der Waals surface area contributed by atoms with Crippen molar-refractivity contribution in [2.24, 2.45) is 5.92 Å². The van der Waals surface area contributed by atoms with Crippen LogP contribution < -0.4 is 0 Å². The van der Waals surface area contributed by atoms with Crippen molar-refractivity contribution in [3.63, 3.8) is 0 Å². The monoisotopic (exact) mass is 344 g/mol. The molecule has 2 aromatic rings. The van der Waals surface area contributed by atoms with Gasteiger partial charge in [-0.3, -0.25) is 9.89 Å². The molecule has 24 heavy (non-hydrogen) atoms. The zero-order valence-corrected chi connectivity index (χ0v) is 15.2. The molecule has 1 amide bonds. The number of aromatic amines is 1. The standard InChI is InChI=1S/C18H24N4OS/c1-14(2)12-22(11-7-10-16-8-5-4-6-9-16)17(23)13-24-18-19-15(3)20-21-18/h4-10,14H,11-13H2,1-3H3,(H,19,20,21). The van der Waals surface area contributed by atoms with Crippen molar-refractivity contribution in [3.8, 4) is 0 Å². The zero-order valence-electron chi connectivity index (χ0n) is 14.4. The average Bonchev–Trinajstić information content (AvgIpc) is 2.98. The number of hydrogen-bond donors (Lipinski definition) is 1. The molecular weight excluding hydrogens is 320 g/mol. The number of carbonyl (C=O) groups is 1. The number of rotatable bonds is 8. The fourth-order valence-electron chi connectivity index (χ4n) is 2.20. The van der Waals surface area contributed by atoms with Crippen LogP contribution in [0.1, 0.15) is 25.2 Å². The molecule has 0 aliphatic carbocycles. The van der Waals surface area contributed by atoms with Crippen LogP contribution in [0.4, 0.5) is 0 Å². The maximum absolute atomic E-state index is 12.5. The Hall–Kier alpha value is -2.08. The SMILES string of the molecule is Cc1nc(SCC(=O)N(CC=Cc2ccccc2)CC(C)C)n[nH]1. The van der Waals surface area contributed by atoms with Gasteiger partial charge in [-0.15, -0.1) is 5.10 Å². The summed E-state index contributed by atoms with van der Waals surface area (Å²) in [5.41, 5.74) is 1.14. The van der Waals surface area contributed by atoms with Gasteiger partial charge in [0.25, 0.3) is 0 Å². The van der Waals surface area contributed by atoms with Crippen molar-refractivity contribution in [3.05, 3.63) is 47.8 Å². The molecule has 0 spiro atoms. The van der Waals surface area contributed by atoms with Gasteiger partial charge in [0.2, 0.25) is 11.1 Å². The molecule has 0 fully saturated rings. The number of amides is 1. The minimum absolute atomic E-state index is 0.105. The molecule has 6 heteroatoms. The van der Waals surface area contributed by atoms with Crippen LogP contribution in [0.5, 0.6) is 0 Å². The first-order chi connectivity index (χ1) is 11.5. The Morgan fingerprint density at radius 1 is 1.33 bits per heavy atom. The summed E-state index contributed by atoms with van der Waals surface area (Å²) in [6.07, 6.45) is 4.09. The second-order valence-electron chi connectivity index (χ2n) is 6.00. The Labute approximate surface area is 147 Å². The molecule has 0 aliphatic heterocycles. The van der Waals surface area contributed by atoms with Crippen LogP contribution in [-0.2, 0) is 4.79 Å². The van der Waals surface area contributed by atoms with Crippen LogP contribution in [0.2, 0.25) is 0 Å². The number of aromatic nitrogens is 3. The van der Waals surface area contributed by atoms with E-state index in [1.165, 1.54) is 11.8 Å². The van der Waals surface area contributed by atoms with E-state index < -0.39 is 0 Å². The summed E-state index contributed by atoms with van der Waals surface area (Å²) in [5.74, 6) is 1.64. The smallest absolute Gasteiger partial charge is 0.233 e. The summed E-state index contributed by atoms with van der Waals surface area (Å²) in [6, 6.07) is 10.1. The van der Waals surface area contributed by atoms with Gasteiger partial charge in [0.1, 0.15) is 5.82 Å². The minimum atomic E-state index is 0.105. The van der Waals surface area contributed by atoms with E-state index in [4.69, 9.17) is 0 Å². The number of carbonyl (C=O) groups excluding carboxylic acids is 1. The highest BCUT2D eigenvalue weighted by atomic mass is 32.2. The number of thioether (sulfide) groups is 1. The number of H-pyrrole nitrogens is 1. The molecule has 5 nitrogen and oxygen atoms in total. The lowest BCUT2D eigenvalue weighted by Gasteiger charge is -2.23. The van der Waals surface area contributed by atoms with Gasteiger partial charge in [0.05, 0.1) is 5.75 Å². The number of nitrogens with one attached hydrogen (secondary N) is 1. The van der Waals surface area contributed by atoms with Crippen LogP contribution in [0.15, 0.2) is 41.6 Å². The Balaban J connectivity index is 1.91. The van der Waals surface area contributed by atoms with Crippen molar-refractivity contribution < 1.29 is 4.79 Å². The molecule has 1 N–H and O–H groups in total. The third-order valence-electron chi connectivity index (χ3n) is 3.28. The van der Waals surface area contributed by atoms with Crippen molar-refractivity contribution in [1.29, 1.82) is 0 Å². The minimum Gasteiger partial charge on any atom is -0.338 e. The number of benzene rings is 1. The highest BCUT2D eigenvalue weighted by Gasteiger charge is 2.15. The zero-order chi connectivity index (χ0) is 17.4. The third kappa shape index (κ3) is 6.20. The van der Waals surface area contributed by atoms with E-state index in [-0.39, 0.29) is 5.91 Å². The Morgan fingerprint density at radius 2 is 2.08 bits per heavy atom. The van der Waals surface area contributed by atoms with Crippen molar-refractivity contribution in [2.45, 2.75) is 25.9 Å². The fourth-order valence-corrected chi connectivity index (χ4v) is 2.95. The molecular formula is C18H24N4OS. The first-order valence-corrected chi connectivity index (χ1v) is 9.04. The lowest BCUT2D eigenvalue weighted by Crippen LogP contribution is -2.35. The molecule has 0 aliphatic rings. The predicted molar refractivity (Wildman–Crippen MR) is 98.7 cm³/mol. The Morgan fingerprint density at radius 3 is 2.71 bits per heavy atom. The third-order valence-corrected chi connectivity index (χ3v) is 4.11. The molecule has 0 saturated carbocycles. The number of nitrogens with zero attached hydrogens (tertiary/aromatic N) is 3.